The van der Waals surface area contributed by atoms with Crippen molar-refractivity contribution >= 4 is 22.9 Å². The maximum absolute atomic E-state index is 11.2. The summed E-state index contributed by atoms with van der Waals surface area (Å²) >= 11 is 1.00. The molecule has 0 aromatic carbocycles. The molecule has 2 amide bonds. The van der Waals surface area contributed by atoms with Gasteiger partial charge in [0.05, 0.1) is 18.1 Å². The molecule has 0 spiro atoms. The zero-order valence-corrected chi connectivity index (χ0v) is 7.78. The molecule has 2 heterocycles. The summed E-state index contributed by atoms with van der Waals surface area (Å²) in [7, 11) is 0. The van der Waals surface area contributed by atoms with Crippen LogP contribution in [0.4, 0.5) is 4.79 Å². The quantitative estimate of drug-likeness (QED) is 0.592. The molecule has 1 N–H and O–H groups in total. The van der Waals surface area contributed by atoms with E-state index in [1.165, 1.54) is 0 Å². The monoisotopic (exact) mass is 199 g/mol. The van der Waals surface area contributed by atoms with Crippen molar-refractivity contribution in [2.75, 3.05) is 13.2 Å². The van der Waals surface area contributed by atoms with Crippen molar-refractivity contribution in [1.82, 2.24) is 5.32 Å². The second-order valence-corrected chi connectivity index (χ2v) is 3.87. The topological polar surface area (TPSA) is 55.4 Å². The van der Waals surface area contributed by atoms with Gasteiger partial charge in [-0.25, -0.2) is 0 Å². The van der Waals surface area contributed by atoms with Crippen LogP contribution in [0.5, 0.6) is 0 Å². The Morgan fingerprint density at radius 3 is 2.46 bits per heavy atom. The Labute approximate surface area is 79.7 Å². The number of rotatable bonds is 0. The summed E-state index contributed by atoms with van der Waals surface area (Å²) in [6.45, 7) is 1.31. The van der Waals surface area contributed by atoms with Crippen molar-refractivity contribution < 1.29 is 14.3 Å². The number of hydrogen-bond acceptors (Lipinski definition) is 4. The van der Waals surface area contributed by atoms with Gasteiger partial charge >= 0.3 is 0 Å². The molecule has 0 aromatic rings. The van der Waals surface area contributed by atoms with Crippen LogP contribution in [0.1, 0.15) is 12.8 Å². The smallest absolute Gasteiger partial charge is 0.290 e. The van der Waals surface area contributed by atoms with Crippen molar-refractivity contribution in [3.05, 3.63) is 10.5 Å². The first-order chi connectivity index (χ1) is 6.27. The van der Waals surface area contributed by atoms with Gasteiger partial charge in [0.1, 0.15) is 0 Å². The molecule has 5 heteroatoms. The number of nitrogens with one attached hydrogen (secondary N) is 1. The molecule has 2 saturated heterocycles. The van der Waals surface area contributed by atoms with E-state index in [2.05, 4.69) is 5.32 Å². The maximum atomic E-state index is 11.2. The first kappa shape index (κ1) is 8.77. The molecule has 0 aromatic heterocycles. The molecule has 0 radical (unpaired) electrons. The molecule has 2 aliphatic heterocycles. The highest BCUT2D eigenvalue weighted by Gasteiger charge is 2.28. The highest BCUT2D eigenvalue weighted by molar-refractivity contribution is 8.18. The van der Waals surface area contributed by atoms with Crippen molar-refractivity contribution in [2.24, 2.45) is 0 Å². The van der Waals surface area contributed by atoms with Crippen LogP contribution >= 0.6 is 11.8 Å². The van der Waals surface area contributed by atoms with E-state index in [-0.39, 0.29) is 11.1 Å². The normalized spacial score (nSPS) is 23.7. The summed E-state index contributed by atoms with van der Waals surface area (Å²) in [5.74, 6) is -0.244. The summed E-state index contributed by atoms with van der Waals surface area (Å²) in [5.41, 5.74) is 1.06. The van der Waals surface area contributed by atoms with Gasteiger partial charge in [-0.2, -0.15) is 0 Å². The molecule has 2 rings (SSSR count). The van der Waals surface area contributed by atoms with Gasteiger partial charge in [0.25, 0.3) is 11.1 Å². The molecule has 2 fully saturated rings. The van der Waals surface area contributed by atoms with Crippen LogP contribution in [0.15, 0.2) is 10.5 Å². The minimum absolute atomic E-state index is 0.244. The van der Waals surface area contributed by atoms with Gasteiger partial charge < -0.3 is 4.74 Å². The molecule has 0 atom stereocenters. The fraction of sp³-hybridized carbons (Fsp3) is 0.500. The summed E-state index contributed by atoms with van der Waals surface area (Å²) in [5, 5.41) is 1.99. The number of ether oxygens (including phenoxy) is 1. The van der Waals surface area contributed by atoms with Crippen LogP contribution in [0.3, 0.4) is 0 Å². The zero-order valence-electron chi connectivity index (χ0n) is 6.96. The van der Waals surface area contributed by atoms with Crippen LogP contribution in [-0.4, -0.2) is 24.4 Å². The number of imide groups is 1. The van der Waals surface area contributed by atoms with Gasteiger partial charge in [0.15, 0.2) is 0 Å². The van der Waals surface area contributed by atoms with Gasteiger partial charge in [-0.1, -0.05) is 0 Å². The Bertz CT molecular complexity index is 290. The third-order valence-corrected chi connectivity index (χ3v) is 3.00. The largest absolute Gasteiger partial charge is 0.381 e. The first-order valence-electron chi connectivity index (χ1n) is 4.10. The minimum atomic E-state index is -0.265. The molecule has 0 bridgehead atoms. The van der Waals surface area contributed by atoms with E-state index in [1.807, 2.05) is 0 Å². The Morgan fingerprint density at radius 2 is 1.92 bits per heavy atom. The Hall–Kier alpha value is -0.810. The molecule has 0 unspecified atom stereocenters. The van der Waals surface area contributed by atoms with Crippen LogP contribution < -0.4 is 5.32 Å². The van der Waals surface area contributed by atoms with Crippen molar-refractivity contribution in [3.63, 3.8) is 0 Å². The van der Waals surface area contributed by atoms with E-state index >= 15 is 0 Å². The lowest BCUT2D eigenvalue weighted by atomic mass is 10.1. The number of carbonyl (C=O) groups excluding carboxylic acids is 2. The molecule has 2 aliphatic rings. The average molecular weight is 199 g/mol. The zero-order chi connectivity index (χ0) is 9.26. The van der Waals surface area contributed by atoms with Crippen LogP contribution in [0.25, 0.3) is 0 Å². The van der Waals surface area contributed by atoms with Crippen molar-refractivity contribution in [1.29, 1.82) is 0 Å². The van der Waals surface area contributed by atoms with Crippen molar-refractivity contribution in [2.45, 2.75) is 12.8 Å². The van der Waals surface area contributed by atoms with E-state index < -0.39 is 0 Å². The molecule has 4 nitrogen and oxygen atoms in total. The molecular formula is C8H9NO3S. The molecule has 0 aliphatic carbocycles. The molecule has 70 valence electrons. The number of hydrogen-bond donors (Lipinski definition) is 1. The van der Waals surface area contributed by atoms with Crippen LogP contribution in [0, 0.1) is 0 Å². The fourth-order valence-electron chi connectivity index (χ4n) is 1.39. The first-order valence-corrected chi connectivity index (χ1v) is 4.92. The van der Waals surface area contributed by atoms with Crippen molar-refractivity contribution in [3.8, 4) is 0 Å². The Balaban J connectivity index is 2.21. The molecule has 0 saturated carbocycles. The number of amides is 2. The highest BCUT2D eigenvalue weighted by atomic mass is 32.2. The minimum Gasteiger partial charge on any atom is -0.381 e. The third kappa shape index (κ3) is 1.76. The number of carbonyl (C=O) groups is 2. The van der Waals surface area contributed by atoms with E-state index in [0.29, 0.717) is 18.1 Å². The van der Waals surface area contributed by atoms with Gasteiger partial charge in [-0.3, -0.25) is 14.9 Å². The Kier molecular flexibility index (Phi) is 2.37. The maximum Gasteiger partial charge on any atom is 0.290 e. The van der Waals surface area contributed by atoms with Crippen LogP contribution in [-0.2, 0) is 9.53 Å². The summed E-state index contributed by atoms with van der Waals surface area (Å²) in [4.78, 5) is 22.7. The Morgan fingerprint density at radius 1 is 1.23 bits per heavy atom. The van der Waals surface area contributed by atoms with Crippen LogP contribution in [0.2, 0.25) is 0 Å². The molecule has 13 heavy (non-hydrogen) atoms. The molecular weight excluding hydrogens is 190 g/mol. The lowest BCUT2D eigenvalue weighted by molar-refractivity contribution is -0.115. The highest BCUT2D eigenvalue weighted by Crippen LogP contribution is 2.30. The summed E-state index contributed by atoms with van der Waals surface area (Å²) < 4.78 is 5.16. The third-order valence-electron chi connectivity index (χ3n) is 2.03. The second-order valence-electron chi connectivity index (χ2n) is 2.89. The summed E-state index contributed by atoms with van der Waals surface area (Å²) in [6.07, 6.45) is 1.53. The van der Waals surface area contributed by atoms with Gasteiger partial charge in [0, 0.05) is 0 Å². The van der Waals surface area contributed by atoms with Gasteiger partial charge in [-0.15, -0.1) is 0 Å². The SMILES string of the molecule is O=C1NC(=O)C(=C2CCOCC2)S1. The lowest BCUT2D eigenvalue weighted by Crippen LogP contribution is -2.19. The predicted molar refractivity (Wildman–Crippen MR) is 48.2 cm³/mol. The summed E-state index contributed by atoms with van der Waals surface area (Å²) in [6, 6.07) is 0. The van der Waals surface area contributed by atoms with E-state index in [9.17, 15) is 9.59 Å². The number of thioether (sulfide) groups is 1. The average Bonchev–Trinajstić information content (AvgIpc) is 2.47. The van der Waals surface area contributed by atoms with E-state index in [4.69, 9.17) is 4.74 Å². The van der Waals surface area contributed by atoms with E-state index in [1.54, 1.807) is 0 Å². The fourth-order valence-corrected chi connectivity index (χ4v) is 2.21. The standard InChI is InChI=1S/C8H9NO3S/c10-7-6(13-8(11)9-7)5-1-3-12-4-2-5/h1-4H2,(H,9,10,11). The predicted octanol–water partition coefficient (Wildman–Crippen LogP) is 1.03. The van der Waals surface area contributed by atoms with Gasteiger partial charge in [0.2, 0.25) is 0 Å². The van der Waals surface area contributed by atoms with Gasteiger partial charge in [-0.05, 0) is 30.2 Å². The van der Waals surface area contributed by atoms with E-state index in [0.717, 1.165) is 30.2 Å². The second kappa shape index (κ2) is 3.51. The lowest BCUT2D eigenvalue weighted by Gasteiger charge is -2.15.